The van der Waals surface area contributed by atoms with Crippen LogP contribution in [0.2, 0.25) is 0 Å². The van der Waals surface area contributed by atoms with Crippen molar-refractivity contribution in [3.63, 3.8) is 0 Å². The van der Waals surface area contributed by atoms with Crippen LogP contribution in [0.25, 0.3) is 0 Å². The van der Waals surface area contributed by atoms with Gasteiger partial charge >= 0.3 is 5.97 Å². The molecule has 1 amide bonds. The smallest absolute Gasteiger partial charge is 0.305 e. The lowest BCUT2D eigenvalue weighted by Gasteiger charge is -2.20. The van der Waals surface area contributed by atoms with Crippen molar-refractivity contribution in [3.8, 4) is 0 Å². The SMILES string of the molecule is CCCCCCCCC/C=C\CCCCCCCCCC(=O)OCCCCCCCCCCCCCC/C=C\CCCCCCCCCCCCCCCCCC(=O)NC(CO)C(O)/C=C/CCCCCCCCC. The van der Waals surface area contributed by atoms with E-state index >= 15 is 0 Å². The van der Waals surface area contributed by atoms with E-state index in [4.69, 9.17) is 4.74 Å². The van der Waals surface area contributed by atoms with Crippen LogP contribution in [-0.4, -0.2) is 47.4 Å². The average Bonchev–Trinajstić information content (AvgIpc) is 3.41. The third-order valence-electron chi connectivity index (χ3n) is 15.6. The third-order valence-corrected chi connectivity index (χ3v) is 15.6. The first-order valence-electron chi connectivity index (χ1n) is 33.8. The van der Waals surface area contributed by atoms with Gasteiger partial charge in [-0.05, 0) is 83.5 Å². The molecular weight excluding hydrogens is 923 g/mol. The largest absolute Gasteiger partial charge is 0.466 e. The van der Waals surface area contributed by atoms with Gasteiger partial charge < -0.3 is 20.3 Å². The van der Waals surface area contributed by atoms with Crippen LogP contribution in [0.1, 0.15) is 367 Å². The van der Waals surface area contributed by atoms with E-state index < -0.39 is 12.1 Å². The first-order chi connectivity index (χ1) is 37.0. The Morgan fingerprint density at radius 2 is 0.627 bits per heavy atom. The molecule has 2 atom stereocenters. The third kappa shape index (κ3) is 61.2. The minimum absolute atomic E-state index is 0.0146. The van der Waals surface area contributed by atoms with E-state index in [-0.39, 0.29) is 18.5 Å². The molecule has 0 saturated heterocycles. The van der Waals surface area contributed by atoms with Gasteiger partial charge in [0.05, 0.1) is 25.4 Å². The Morgan fingerprint density at radius 1 is 0.360 bits per heavy atom. The summed E-state index contributed by atoms with van der Waals surface area (Å²) in [4.78, 5) is 24.5. The molecule has 0 heterocycles. The maximum atomic E-state index is 12.4. The van der Waals surface area contributed by atoms with Crippen molar-refractivity contribution in [2.45, 2.75) is 379 Å². The van der Waals surface area contributed by atoms with E-state index in [9.17, 15) is 19.8 Å². The minimum atomic E-state index is -0.840. The zero-order valence-corrected chi connectivity index (χ0v) is 50.5. The van der Waals surface area contributed by atoms with Gasteiger partial charge in [0.1, 0.15) is 0 Å². The van der Waals surface area contributed by atoms with Gasteiger partial charge in [0.2, 0.25) is 5.91 Å². The van der Waals surface area contributed by atoms with Gasteiger partial charge in [-0.3, -0.25) is 9.59 Å². The second-order valence-corrected chi connectivity index (χ2v) is 23.1. The van der Waals surface area contributed by atoms with Crippen LogP contribution in [0, 0.1) is 0 Å². The zero-order valence-electron chi connectivity index (χ0n) is 50.5. The predicted molar refractivity (Wildman–Crippen MR) is 329 cm³/mol. The molecule has 75 heavy (non-hydrogen) atoms. The monoisotopic (exact) mass is 1050 g/mol. The number of unbranched alkanes of at least 4 members (excludes halogenated alkanes) is 48. The number of rotatable bonds is 63. The van der Waals surface area contributed by atoms with Crippen LogP contribution >= 0.6 is 0 Å². The van der Waals surface area contributed by atoms with Gasteiger partial charge in [0.15, 0.2) is 0 Å². The van der Waals surface area contributed by atoms with E-state index in [1.807, 2.05) is 6.08 Å². The molecule has 0 aromatic rings. The highest BCUT2D eigenvalue weighted by atomic mass is 16.5. The quantitative estimate of drug-likeness (QED) is 0.0320. The summed E-state index contributed by atoms with van der Waals surface area (Å²) >= 11 is 0. The zero-order chi connectivity index (χ0) is 54.3. The molecule has 0 aromatic carbocycles. The molecule has 6 nitrogen and oxygen atoms in total. The van der Waals surface area contributed by atoms with E-state index in [1.165, 1.54) is 295 Å². The lowest BCUT2D eigenvalue weighted by Crippen LogP contribution is -2.45. The summed E-state index contributed by atoms with van der Waals surface area (Å²) in [7, 11) is 0. The number of hydrogen-bond acceptors (Lipinski definition) is 5. The van der Waals surface area contributed by atoms with Crippen molar-refractivity contribution in [1.82, 2.24) is 5.32 Å². The first kappa shape index (κ1) is 73.1. The molecule has 2 unspecified atom stereocenters. The maximum Gasteiger partial charge on any atom is 0.305 e. The van der Waals surface area contributed by atoms with Crippen LogP contribution in [0.15, 0.2) is 36.5 Å². The van der Waals surface area contributed by atoms with Crippen molar-refractivity contribution in [1.29, 1.82) is 0 Å². The summed E-state index contributed by atoms with van der Waals surface area (Å²) in [5.74, 6) is -0.0531. The highest BCUT2D eigenvalue weighted by Crippen LogP contribution is 2.18. The summed E-state index contributed by atoms with van der Waals surface area (Å²) in [5.41, 5.74) is 0. The van der Waals surface area contributed by atoms with Crippen LogP contribution in [0.3, 0.4) is 0 Å². The van der Waals surface area contributed by atoms with Crippen LogP contribution in [0.4, 0.5) is 0 Å². The molecule has 0 aliphatic carbocycles. The lowest BCUT2D eigenvalue weighted by molar-refractivity contribution is -0.143. The first-order valence-corrected chi connectivity index (χ1v) is 33.8. The summed E-state index contributed by atoms with van der Waals surface area (Å²) in [6, 6.07) is -0.624. The Labute approximate surface area is 468 Å². The minimum Gasteiger partial charge on any atom is -0.466 e. The van der Waals surface area contributed by atoms with Crippen molar-refractivity contribution in [2.75, 3.05) is 13.2 Å². The van der Waals surface area contributed by atoms with Crippen molar-refractivity contribution in [3.05, 3.63) is 36.5 Å². The van der Waals surface area contributed by atoms with Gasteiger partial charge in [0, 0.05) is 12.8 Å². The highest BCUT2D eigenvalue weighted by molar-refractivity contribution is 5.76. The van der Waals surface area contributed by atoms with E-state index in [0.29, 0.717) is 19.4 Å². The fourth-order valence-electron chi connectivity index (χ4n) is 10.4. The fourth-order valence-corrected chi connectivity index (χ4v) is 10.4. The Balaban J connectivity index is 3.33. The van der Waals surface area contributed by atoms with E-state index in [2.05, 4.69) is 43.5 Å². The molecule has 0 saturated carbocycles. The average molecular weight is 1050 g/mol. The van der Waals surface area contributed by atoms with Gasteiger partial charge in [-0.25, -0.2) is 0 Å². The molecular formula is C69H131NO5. The summed E-state index contributed by atoms with van der Waals surface area (Å²) in [6.07, 6.45) is 82.3. The van der Waals surface area contributed by atoms with Crippen LogP contribution < -0.4 is 5.32 Å². The summed E-state index contributed by atoms with van der Waals surface area (Å²) in [6.45, 7) is 4.89. The molecule has 3 N–H and O–H groups in total. The number of allylic oxidation sites excluding steroid dienone is 5. The number of nitrogens with one attached hydrogen (secondary N) is 1. The number of carbonyl (C=O) groups excluding carboxylic acids is 2. The van der Waals surface area contributed by atoms with Crippen molar-refractivity contribution >= 4 is 11.9 Å². The Bertz CT molecular complexity index is 1210. The standard InChI is InChI=1S/C69H131NO5/c1-3-5-7-9-11-13-14-15-16-17-34-37-40-43-47-51-55-59-63-69(74)75-64-60-56-52-48-44-41-38-35-32-30-28-26-24-22-20-18-19-21-23-25-27-29-31-33-36-39-42-46-50-54-58-62-68(73)70-66(65-71)67(72)61-57-53-49-45-12-10-8-6-4-2/h16-17,20,22,57,61,66-67,71-72H,3-15,18-19,21,23-56,58-60,62-65H2,1-2H3,(H,70,73)/b17-16-,22-20-,61-57+. The topological polar surface area (TPSA) is 95.9 Å². The molecule has 442 valence electrons. The number of amides is 1. The van der Waals surface area contributed by atoms with Gasteiger partial charge in [-0.1, -0.05) is 307 Å². The highest BCUT2D eigenvalue weighted by Gasteiger charge is 2.18. The molecule has 0 aliphatic heterocycles. The molecule has 0 aromatic heterocycles. The fraction of sp³-hybridized carbons (Fsp3) is 0.884. The van der Waals surface area contributed by atoms with Gasteiger partial charge in [-0.15, -0.1) is 0 Å². The Hall–Kier alpha value is -1.92. The number of carbonyl (C=O) groups is 2. The number of aliphatic hydroxyl groups is 2. The second-order valence-electron chi connectivity index (χ2n) is 23.1. The Morgan fingerprint density at radius 3 is 0.947 bits per heavy atom. The lowest BCUT2D eigenvalue weighted by atomic mass is 10.0. The number of ether oxygens (including phenoxy) is 1. The molecule has 0 radical (unpaired) electrons. The molecule has 0 aliphatic rings. The molecule has 6 heteroatoms. The van der Waals surface area contributed by atoms with Crippen LogP contribution in [0.5, 0.6) is 0 Å². The van der Waals surface area contributed by atoms with Gasteiger partial charge in [-0.2, -0.15) is 0 Å². The van der Waals surface area contributed by atoms with E-state index in [0.717, 1.165) is 44.9 Å². The number of esters is 1. The van der Waals surface area contributed by atoms with E-state index in [1.54, 1.807) is 6.08 Å². The normalized spacial score (nSPS) is 12.7. The number of hydrogen-bond donors (Lipinski definition) is 3. The summed E-state index contributed by atoms with van der Waals surface area (Å²) in [5, 5.41) is 23.0. The summed E-state index contributed by atoms with van der Waals surface area (Å²) < 4.78 is 5.50. The Kier molecular flexibility index (Phi) is 63.0. The van der Waals surface area contributed by atoms with Crippen molar-refractivity contribution < 1.29 is 24.5 Å². The maximum absolute atomic E-state index is 12.4. The van der Waals surface area contributed by atoms with Crippen LogP contribution in [-0.2, 0) is 14.3 Å². The molecule has 0 spiro atoms. The molecule has 0 bridgehead atoms. The second kappa shape index (κ2) is 64.6. The molecule has 0 rings (SSSR count). The predicted octanol–water partition coefficient (Wildman–Crippen LogP) is 21.5. The van der Waals surface area contributed by atoms with Gasteiger partial charge in [0.25, 0.3) is 0 Å². The molecule has 0 fully saturated rings. The van der Waals surface area contributed by atoms with Crippen molar-refractivity contribution in [2.24, 2.45) is 0 Å². The number of aliphatic hydroxyl groups excluding tert-OH is 2.